The molecule has 0 aliphatic carbocycles. The van der Waals surface area contributed by atoms with Crippen LogP contribution in [0, 0.1) is 13.8 Å². The predicted molar refractivity (Wildman–Crippen MR) is 100 cm³/mol. The van der Waals surface area contributed by atoms with Crippen molar-refractivity contribution in [2.24, 2.45) is 0 Å². The molecular weight excluding hydrogens is 330 g/mol. The van der Waals surface area contributed by atoms with Gasteiger partial charge in [-0.1, -0.05) is 12.1 Å². The van der Waals surface area contributed by atoms with E-state index >= 15 is 0 Å². The Labute approximate surface area is 155 Å². The monoisotopic (exact) mass is 359 g/mol. The molecule has 2 fully saturated rings. The van der Waals surface area contributed by atoms with Crippen LogP contribution in [0.4, 0.5) is 0 Å². The molecule has 1 aromatic rings. The Hall–Kier alpha value is -2.08. The van der Waals surface area contributed by atoms with Crippen LogP contribution in [-0.4, -0.2) is 67.0 Å². The maximum absolute atomic E-state index is 12.6. The van der Waals surface area contributed by atoms with Gasteiger partial charge in [0.2, 0.25) is 11.8 Å². The maximum atomic E-state index is 12.6. The van der Waals surface area contributed by atoms with Crippen LogP contribution >= 0.6 is 0 Å². The van der Waals surface area contributed by atoms with Gasteiger partial charge in [0, 0.05) is 32.2 Å². The van der Waals surface area contributed by atoms with Crippen molar-refractivity contribution in [1.29, 1.82) is 0 Å². The molecule has 0 radical (unpaired) electrons. The van der Waals surface area contributed by atoms with Crippen molar-refractivity contribution in [3.63, 3.8) is 0 Å². The third-order valence-corrected chi connectivity index (χ3v) is 5.44. The van der Waals surface area contributed by atoms with Gasteiger partial charge in [-0.05, 0) is 43.9 Å². The Balaban J connectivity index is 1.49. The Morgan fingerprint density at radius 2 is 2.15 bits per heavy atom. The van der Waals surface area contributed by atoms with Gasteiger partial charge in [-0.2, -0.15) is 0 Å². The zero-order chi connectivity index (χ0) is 18.5. The molecule has 1 unspecified atom stereocenters. The third kappa shape index (κ3) is 4.36. The predicted octanol–water partition coefficient (Wildman–Crippen LogP) is 1.50. The number of carbonyl (C=O) groups is 2. The summed E-state index contributed by atoms with van der Waals surface area (Å²) >= 11 is 0. The molecule has 2 heterocycles. The van der Waals surface area contributed by atoms with Crippen LogP contribution in [0.25, 0.3) is 0 Å². The van der Waals surface area contributed by atoms with Gasteiger partial charge < -0.3 is 19.9 Å². The summed E-state index contributed by atoms with van der Waals surface area (Å²) in [7, 11) is 0. The number of likely N-dealkylation sites (tertiary alicyclic amines) is 1. The Morgan fingerprint density at radius 3 is 2.96 bits per heavy atom. The van der Waals surface area contributed by atoms with Crippen LogP contribution in [0.1, 0.15) is 30.4 Å². The van der Waals surface area contributed by atoms with Crippen molar-refractivity contribution in [3.8, 4) is 5.75 Å². The molecule has 6 heteroatoms. The largest absolute Gasteiger partial charge is 0.493 e. The molecule has 0 bridgehead atoms. The molecule has 0 spiro atoms. The minimum atomic E-state index is 0.114. The van der Waals surface area contributed by atoms with Crippen LogP contribution in [-0.2, 0) is 9.59 Å². The van der Waals surface area contributed by atoms with E-state index in [0.717, 1.165) is 43.8 Å². The summed E-state index contributed by atoms with van der Waals surface area (Å²) in [5, 5.41) is 3.10. The van der Waals surface area contributed by atoms with Crippen LogP contribution < -0.4 is 10.1 Å². The van der Waals surface area contributed by atoms with Crippen molar-refractivity contribution >= 4 is 11.8 Å². The quantitative estimate of drug-likeness (QED) is 0.865. The van der Waals surface area contributed by atoms with E-state index in [0.29, 0.717) is 26.1 Å². The van der Waals surface area contributed by atoms with E-state index in [2.05, 4.69) is 18.3 Å². The molecule has 6 nitrogen and oxygen atoms in total. The lowest BCUT2D eigenvalue weighted by atomic mass is 10.0. The standard InChI is InChI=1S/C20H29N3O3/c1-15-5-3-7-18(16(15)2)26-12-8-19(24)22-10-4-6-17(14-22)23-11-9-21-13-20(23)25/h3,5,7,17,21H,4,6,8-14H2,1-2H3. The molecule has 142 valence electrons. The van der Waals surface area contributed by atoms with Crippen LogP contribution in [0.5, 0.6) is 5.75 Å². The Kier molecular flexibility index (Phi) is 6.14. The van der Waals surface area contributed by atoms with Gasteiger partial charge in [-0.15, -0.1) is 0 Å². The number of aryl methyl sites for hydroxylation is 1. The van der Waals surface area contributed by atoms with Crippen molar-refractivity contribution in [2.75, 3.05) is 39.3 Å². The van der Waals surface area contributed by atoms with Gasteiger partial charge in [-0.3, -0.25) is 9.59 Å². The fourth-order valence-corrected chi connectivity index (χ4v) is 3.73. The average Bonchev–Trinajstić information content (AvgIpc) is 2.65. The number of benzene rings is 1. The second kappa shape index (κ2) is 8.54. The lowest BCUT2D eigenvalue weighted by Crippen LogP contribution is -2.57. The van der Waals surface area contributed by atoms with Crippen molar-refractivity contribution in [1.82, 2.24) is 15.1 Å². The highest BCUT2D eigenvalue weighted by Crippen LogP contribution is 2.21. The van der Waals surface area contributed by atoms with E-state index in [4.69, 9.17) is 4.74 Å². The zero-order valence-electron chi connectivity index (χ0n) is 15.8. The molecule has 2 aliphatic rings. The van der Waals surface area contributed by atoms with E-state index in [1.165, 1.54) is 5.56 Å². The van der Waals surface area contributed by atoms with Crippen molar-refractivity contribution < 1.29 is 14.3 Å². The lowest BCUT2D eigenvalue weighted by Gasteiger charge is -2.41. The number of ether oxygens (including phenoxy) is 1. The van der Waals surface area contributed by atoms with Crippen molar-refractivity contribution in [2.45, 2.75) is 39.2 Å². The van der Waals surface area contributed by atoms with E-state index < -0.39 is 0 Å². The topological polar surface area (TPSA) is 61.9 Å². The number of piperidine rings is 1. The average molecular weight is 359 g/mol. The first kappa shape index (κ1) is 18.7. The van der Waals surface area contributed by atoms with E-state index in [1.807, 2.05) is 28.9 Å². The van der Waals surface area contributed by atoms with Crippen LogP contribution in [0.15, 0.2) is 18.2 Å². The van der Waals surface area contributed by atoms with E-state index in [9.17, 15) is 9.59 Å². The number of amides is 2. The highest BCUT2D eigenvalue weighted by Gasteiger charge is 2.31. The fraction of sp³-hybridized carbons (Fsp3) is 0.600. The first-order chi connectivity index (χ1) is 12.6. The molecule has 0 aromatic heterocycles. The molecule has 2 aliphatic heterocycles. The fourth-order valence-electron chi connectivity index (χ4n) is 3.73. The normalized spacial score (nSPS) is 21.0. The van der Waals surface area contributed by atoms with E-state index in [-0.39, 0.29) is 17.9 Å². The molecule has 26 heavy (non-hydrogen) atoms. The van der Waals surface area contributed by atoms with Gasteiger partial charge in [-0.25, -0.2) is 0 Å². The molecule has 3 rings (SSSR count). The summed E-state index contributed by atoms with van der Waals surface area (Å²) in [4.78, 5) is 28.5. The summed E-state index contributed by atoms with van der Waals surface area (Å²) in [6.45, 7) is 7.88. The van der Waals surface area contributed by atoms with E-state index in [1.54, 1.807) is 0 Å². The molecule has 0 saturated carbocycles. The van der Waals surface area contributed by atoms with Gasteiger partial charge in [0.05, 0.1) is 19.6 Å². The smallest absolute Gasteiger partial charge is 0.236 e. The third-order valence-electron chi connectivity index (χ3n) is 5.44. The van der Waals surface area contributed by atoms with Crippen molar-refractivity contribution in [3.05, 3.63) is 29.3 Å². The van der Waals surface area contributed by atoms with Gasteiger partial charge in [0.1, 0.15) is 5.75 Å². The number of nitrogens with zero attached hydrogens (tertiary/aromatic N) is 2. The molecule has 1 atom stereocenters. The number of piperazine rings is 1. The minimum Gasteiger partial charge on any atom is -0.493 e. The van der Waals surface area contributed by atoms with Gasteiger partial charge in [0.15, 0.2) is 0 Å². The number of carbonyl (C=O) groups excluding carboxylic acids is 2. The summed E-state index contributed by atoms with van der Waals surface area (Å²) in [5.41, 5.74) is 2.31. The number of hydrogen-bond donors (Lipinski definition) is 1. The second-order valence-electron chi connectivity index (χ2n) is 7.20. The molecule has 2 saturated heterocycles. The van der Waals surface area contributed by atoms with Crippen LogP contribution in [0.2, 0.25) is 0 Å². The Morgan fingerprint density at radius 1 is 1.31 bits per heavy atom. The molecule has 1 aromatic carbocycles. The maximum Gasteiger partial charge on any atom is 0.236 e. The number of nitrogens with one attached hydrogen (secondary N) is 1. The SMILES string of the molecule is Cc1cccc(OCCC(=O)N2CCCC(N3CCNCC3=O)C2)c1C. The summed E-state index contributed by atoms with van der Waals surface area (Å²) < 4.78 is 5.82. The first-order valence-corrected chi connectivity index (χ1v) is 9.53. The zero-order valence-corrected chi connectivity index (χ0v) is 15.8. The first-order valence-electron chi connectivity index (χ1n) is 9.53. The summed E-state index contributed by atoms with van der Waals surface area (Å²) in [6.07, 6.45) is 2.30. The summed E-state index contributed by atoms with van der Waals surface area (Å²) in [6, 6.07) is 6.12. The Bertz CT molecular complexity index is 662. The van der Waals surface area contributed by atoms with Gasteiger partial charge in [0.25, 0.3) is 0 Å². The summed E-state index contributed by atoms with van der Waals surface area (Å²) in [5.74, 6) is 1.11. The minimum absolute atomic E-state index is 0.114. The highest BCUT2D eigenvalue weighted by atomic mass is 16.5. The lowest BCUT2D eigenvalue weighted by molar-refractivity contribution is -0.140. The second-order valence-corrected chi connectivity index (χ2v) is 7.20. The number of rotatable bonds is 5. The molecular formula is C20H29N3O3. The van der Waals surface area contributed by atoms with Crippen LogP contribution in [0.3, 0.4) is 0 Å². The highest BCUT2D eigenvalue weighted by molar-refractivity contribution is 5.80. The molecule has 2 amide bonds. The van der Waals surface area contributed by atoms with Gasteiger partial charge >= 0.3 is 0 Å². The number of hydrogen-bond acceptors (Lipinski definition) is 4. The molecule has 1 N–H and O–H groups in total.